The molecule has 31 heavy (non-hydrogen) atoms. The third-order valence-corrected chi connectivity index (χ3v) is 4.78. The monoisotopic (exact) mass is 474 g/mol. The molecule has 1 heterocycles. The van der Waals surface area contributed by atoms with Crippen molar-refractivity contribution in [3.8, 4) is 0 Å². The van der Waals surface area contributed by atoms with E-state index in [1.807, 2.05) is 0 Å². The van der Waals surface area contributed by atoms with E-state index < -0.39 is 57.2 Å². The van der Waals surface area contributed by atoms with Crippen LogP contribution in [0.15, 0.2) is 35.9 Å². The van der Waals surface area contributed by atoms with Gasteiger partial charge in [0.25, 0.3) is 11.8 Å². The van der Waals surface area contributed by atoms with E-state index in [0.717, 1.165) is 18.2 Å². The second-order valence-electron chi connectivity index (χ2n) is 6.27. The number of rotatable bonds is 5. The zero-order valence-electron chi connectivity index (χ0n) is 15.1. The first-order valence-electron chi connectivity index (χ1n) is 7.87. The van der Waals surface area contributed by atoms with E-state index in [1.54, 1.807) is 0 Å². The molecule has 0 aliphatic carbocycles. The number of alkyl halides is 6. The van der Waals surface area contributed by atoms with Gasteiger partial charge in [-0.25, -0.2) is 18.1 Å². The normalized spacial score (nSPS) is 15.9. The average Bonchev–Trinajstić information content (AvgIpc) is 2.83. The Morgan fingerprint density at radius 1 is 1.03 bits per heavy atom. The van der Waals surface area contributed by atoms with Gasteiger partial charge >= 0.3 is 23.9 Å². The van der Waals surface area contributed by atoms with Crippen molar-refractivity contribution in [2.24, 2.45) is 0 Å². The second-order valence-corrected chi connectivity index (χ2v) is 7.67. The standard InChI is InChI=1S/C16H11F6NO7S/c1-8-6-11(24)23(12(8)25)10-4-2-9(3-5-10)13(26)30-14(15(17,18)19,16(20,21)22)7-31(27,28)29/h2-6H,7H2,1H3,(H,27,28,29)/p-1. The minimum Gasteiger partial charge on any atom is -0.748 e. The molecule has 1 aliphatic rings. The molecule has 2 amide bonds. The molecule has 0 N–H and O–H groups in total. The highest BCUT2D eigenvalue weighted by atomic mass is 32.2. The molecule has 0 saturated carbocycles. The van der Waals surface area contributed by atoms with Crippen LogP contribution in [-0.4, -0.2) is 54.5 Å². The summed E-state index contributed by atoms with van der Waals surface area (Å²) in [5.41, 5.74) is -6.61. The van der Waals surface area contributed by atoms with Crippen LogP contribution in [0.25, 0.3) is 0 Å². The Balaban J connectivity index is 2.40. The Morgan fingerprint density at radius 3 is 1.87 bits per heavy atom. The van der Waals surface area contributed by atoms with Gasteiger partial charge in [0.05, 0.1) is 27.1 Å². The highest BCUT2D eigenvalue weighted by molar-refractivity contribution is 7.85. The summed E-state index contributed by atoms with van der Waals surface area (Å²) in [5, 5.41) is 0. The van der Waals surface area contributed by atoms with Crippen molar-refractivity contribution in [1.29, 1.82) is 0 Å². The predicted molar refractivity (Wildman–Crippen MR) is 87.5 cm³/mol. The van der Waals surface area contributed by atoms with Gasteiger partial charge < -0.3 is 9.29 Å². The van der Waals surface area contributed by atoms with Crippen molar-refractivity contribution < 1.29 is 58.4 Å². The number of amides is 2. The van der Waals surface area contributed by atoms with Crippen LogP contribution in [0.4, 0.5) is 32.0 Å². The summed E-state index contributed by atoms with van der Waals surface area (Å²) < 4.78 is 115. The van der Waals surface area contributed by atoms with Gasteiger partial charge in [-0.3, -0.25) is 9.59 Å². The van der Waals surface area contributed by atoms with Crippen LogP contribution in [0.2, 0.25) is 0 Å². The molecule has 0 saturated heterocycles. The maximum Gasteiger partial charge on any atom is 0.438 e. The van der Waals surface area contributed by atoms with Crippen LogP contribution in [-0.2, 0) is 24.4 Å². The first kappa shape index (κ1) is 24.3. The van der Waals surface area contributed by atoms with Crippen molar-refractivity contribution in [2.75, 3.05) is 10.7 Å². The van der Waals surface area contributed by atoms with E-state index >= 15 is 0 Å². The first-order valence-corrected chi connectivity index (χ1v) is 9.44. The molecule has 0 atom stereocenters. The fraction of sp³-hybridized carbons (Fsp3) is 0.312. The summed E-state index contributed by atoms with van der Waals surface area (Å²) in [6, 6.07) is 3.03. The molecule has 15 heteroatoms. The second kappa shape index (κ2) is 7.64. The number of carbonyl (C=O) groups is 3. The third kappa shape index (κ3) is 4.71. The Kier molecular flexibility index (Phi) is 5.99. The molecule has 2 rings (SSSR count). The number of hydrogen-bond donors (Lipinski definition) is 0. The van der Waals surface area contributed by atoms with Gasteiger partial charge in [0.2, 0.25) is 0 Å². The number of benzene rings is 1. The molecule has 1 aliphatic heterocycles. The van der Waals surface area contributed by atoms with E-state index in [-0.39, 0.29) is 11.3 Å². The number of imide groups is 1. The lowest BCUT2D eigenvalue weighted by atomic mass is 10.1. The molecule has 1 aromatic carbocycles. The van der Waals surface area contributed by atoms with Crippen LogP contribution in [0.1, 0.15) is 17.3 Å². The third-order valence-electron chi connectivity index (χ3n) is 4.02. The Morgan fingerprint density at radius 2 is 1.52 bits per heavy atom. The molecule has 0 spiro atoms. The smallest absolute Gasteiger partial charge is 0.438 e. The van der Waals surface area contributed by atoms with Crippen molar-refractivity contribution in [3.63, 3.8) is 0 Å². The van der Waals surface area contributed by atoms with Gasteiger partial charge in [-0.15, -0.1) is 0 Å². The quantitative estimate of drug-likeness (QED) is 0.277. The molecular formula is C16H10F6NO7S-. The highest BCUT2D eigenvalue weighted by Crippen LogP contribution is 2.47. The SMILES string of the molecule is CC1=CC(=O)N(c2ccc(C(=O)OC(CS(=O)(=O)[O-])(C(F)(F)F)C(F)(F)F)cc2)C1=O. The maximum absolute atomic E-state index is 13.2. The Labute approximate surface area is 169 Å². The summed E-state index contributed by atoms with van der Waals surface area (Å²) in [6.45, 7) is 1.32. The van der Waals surface area contributed by atoms with E-state index in [4.69, 9.17) is 0 Å². The summed E-state index contributed by atoms with van der Waals surface area (Å²) in [6.07, 6.45) is -12.0. The Hall–Kier alpha value is -2.94. The van der Waals surface area contributed by atoms with Crippen molar-refractivity contribution in [3.05, 3.63) is 41.5 Å². The number of nitrogens with zero attached hydrogens (tertiary/aromatic N) is 1. The molecule has 0 bridgehead atoms. The highest BCUT2D eigenvalue weighted by Gasteiger charge is 2.75. The molecule has 8 nitrogen and oxygen atoms in total. The topological polar surface area (TPSA) is 121 Å². The number of hydrogen-bond acceptors (Lipinski definition) is 7. The van der Waals surface area contributed by atoms with Crippen LogP contribution in [0.3, 0.4) is 0 Å². The van der Waals surface area contributed by atoms with E-state index in [1.165, 1.54) is 6.92 Å². The number of carbonyl (C=O) groups excluding carboxylic acids is 3. The zero-order chi connectivity index (χ0) is 24.0. The molecule has 1 aromatic rings. The van der Waals surface area contributed by atoms with Crippen LogP contribution >= 0.6 is 0 Å². The van der Waals surface area contributed by atoms with E-state index in [9.17, 15) is 53.7 Å². The van der Waals surface area contributed by atoms with Crippen molar-refractivity contribution in [1.82, 2.24) is 0 Å². The molecular weight excluding hydrogens is 464 g/mol. The Bertz CT molecular complexity index is 1040. The fourth-order valence-corrected chi connectivity index (χ4v) is 3.40. The number of anilines is 1. The molecule has 0 fully saturated rings. The van der Waals surface area contributed by atoms with Gasteiger partial charge in [-0.1, -0.05) is 0 Å². The fourth-order valence-electron chi connectivity index (χ4n) is 2.51. The first-order chi connectivity index (χ1) is 13.9. The minimum absolute atomic E-state index is 0.0625. The molecule has 0 radical (unpaired) electrons. The summed E-state index contributed by atoms with van der Waals surface area (Å²) >= 11 is 0. The van der Waals surface area contributed by atoms with Crippen molar-refractivity contribution >= 4 is 33.6 Å². The predicted octanol–water partition coefficient (Wildman–Crippen LogP) is 2.07. The van der Waals surface area contributed by atoms with E-state index in [0.29, 0.717) is 17.0 Å². The van der Waals surface area contributed by atoms with Gasteiger partial charge in [-0.2, -0.15) is 26.3 Å². The van der Waals surface area contributed by atoms with E-state index in [2.05, 4.69) is 4.74 Å². The lowest BCUT2D eigenvalue weighted by Gasteiger charge is -2.36. The molecule has 0 aromatic heterocycles. The lowest BCUT2D eigenvalue weighted by Crippen LogP contribution is -2.63. The number of esters is 1. The average molecular weight is 474 g/mol. The van der Waals surface area contributed by atoms with Gasteiger partial charge in [0.15, 0.2) is 0 Å². The summed E-state index contributed by atoms with van der Waals surface area (Å²) in [4.78, 5) is 36.2. The van der Waals surface area contributed by atoms with Gasteiger partial charge in [-0.05, 0) is 31.2 Å². The van der Waals surface area contributed by atoms with Crippen LogP contribution < -0.4 is 4.90 Å². The maximum atomic E-state index is 13.2. The van der Waals surface area contributed by atoms with Crippen LogP contribution in [0.5, 0.6) is 0 Å². The number of halogens is 6. The lowest BCUT2D eigenvalue weighted by molar-refractivity contribution is -0.356. The minimum atomic E-state index is -6.50. The number of ether oxygens (including phenoxy) is 1. The van der Waals surface area contributed by atoms with Gasteiger partial charge in [0, 0.05) is 11.6 Å². The van der Waals surface area contributed by atoms with Gasteiger partial charge in [0.1, 0.15) is 0 Å². The summed E-state index contributed by atoms with van der Waals surface area (Å²) in [7, 11) is -6.17. The van der Waals surface area contributed by atoms with Crippen molar-refractivity contribution in [2.45, 2.75) is 24.9 Å². The molecule has 0 unspecified atom stereocenters. The van der Waals surface area contributed by atoms with Crippen LogP contribution in [0, 0.1) is 0 Å². The molecule has 170 valence electrons. The summed E-state index contributed by atoms with van der Waals surface area (Å²) in [5.74, 6) is -6.89. The largest absolute Gasteiger partial charge is 0.748 e. The zero-order valence-corrected chi connectivity index (χ0v) is 15.9.